The average molecular weight is 222 g/mol. The largest absolute Gasteiger partial charge is 0.473 e. The number of ether oxygens (including phenoxy) is 1. The fraction of sp³-hybridized carbons (Fsp3) is 0.417. The Kier molecular flexibility index (Phi) is 5.19. The summed E-state index contributed by atoms with van der Waals surface area (Å²) in [6, 6.07) is 9.30. The van der Waals surface area contributed by atoms with Crippen LogP contribution < -0.4 is 10.1 Å². The van der Waals surface area contributed by atoms with Crippen molar-refractivity contribution in [3.05, 3.63) is 30.3 Å². The Morgan fingerprint density at radius 1 is 1.25 bits per heavy atom. The Bertz CT molecular complexity index is 310. The van der Waals surface area contributed by atoms with E-state index in [1.54, 1.807) is 4.90 Å². The van der Waals surface area contributed by atoms with Crippen molar-refractivity contribution in [2.24, 2.45) is 0 Å². The molecule has 1 rings (SSSR count). The smallest absolute Gasteiger partial charge is 0.319 e. The Balaban J connectivity index is 2.28. The molecule has 1 aromatic rings. The summed E-state index contributed by atoms with van der Waals surface area (Å²) in [4.78, 5) is 13.2. The van der Waals surface area contributed by atoms with Gasteiger partial charge in [-0.1, -0.05) is 18.2 Å². The summed E-state index contributed by atoms with van der Waals surface area (Å²) in [5, 5.41) is 2.70. The van der Waals surface area contributed by atoms with Gasteiger partial charge in [0.1, 0.15) is 5.75 Å². The maximum atomic E-state index is 11.5. The van der Waals surface area contributed by atoms with Gasteiger partial charge in [0, 0.05) is 13.1 Å². The van der Waals surface area contributed by atoms with Crippen molar-refractivity contribution >= 4 is 6.03 Å². The Hall–Kier alpha value is -1.71. The lowest BCUT2D eigenvalue weighted by molar-refractivity contribution is 0.189. The van der Waals surface area contributed by atoms with Crippen LogP contribution in [0.25, 0.3) is 0 Å². The standard InChI is InChI=1S/C12H18N2O2/c1-3-14(4-2)12(15)13-10-16-11-8-6-5-7-9-11/h5-9H,3-4,10H2,1-2H3,(H,13,15). The van der Waals surface area contributed by atoms with Gasteiger partial charge in [-0.25, -0.2) is 4.79 Å². The summed E-state index contributed by atoms with van der Waals surface area (Å²) >= 11 is 0. The number of carbonyl (C=O) groups excluding carboxylic acids is 1. The molecular weight excluding hydrogens is 204 g/mol. The first-order valence-corrected chi connectivity index (χ1v) is 5.48. The van der Waals surface area contributed by atoms with Crippen LogP contribution in [-0.4, -0.2) is 30.8 Å². The van der Waals surface area contributed by atoms with E-state index in [-0.39, 0.29) is 12.8 Å². The second-order valence-corrected chi connectivity index (χ2v) is 3.26. The molecule has 0 aliphatic heterocycles. The molecule has 1 aromatic carbocycles. The molecule has 0 aromatic heterocycles. The van der Waals surface area contributed by atoms with E-state index in [1.165, 1.54) is 0 Å². The Morgan fingerprint density at radius 3 is 2.44 bits per heavy atom. The zero-order valence-electron chi connectivity index (χ0n) is 9.77. The topological polar surface area (TPSA) is 41.6 Å². The van der Waals surface area contributed by atoms with Crippen LogP contribution in [0.5, 0.6) is 5.75 Å². The van der Waals surface area contributed by atoms with Crippen molar-refractivity contribution in [1.82, 2.24) is 10.2 Å². The molecule has 0 aliphatic rings. The highest BCUT2D eigenvalue weighted by Gasteiger charge is 2.07. The van der Waals surface area contributed by atoms with Gasteiger partial charge in [0.15, 0.2) is 6.73 Å². The van der Waals surface area contributed by atoms with Gasteiger partial charge in [0.2, 0.25) is 0 Å². The van der Waals surface area contributed by atoms with Crippen molar-refractivity contribution in [2.75, 3.05) is 19.8 Å². The molecule has 4 heteroatoms. The van der Waals surface area contributed by atoms with Crippen molar-refractivity contribution in [2.45, 2.75) is 13.8 Å². The van der Waals surface area contributed by atoms with Crippen LogP contribution in [0.3, 0.4) is 0 Å². The molecule has 2 amide bonds. The molecule has 0 unspecified atom stereocenters. The molecule has 0 atom stereocenters. The fourth-order valence-electron chi connectivity index (χ4n) is 1.32. The molecular formula is C12H18N2O2. The quantitative estimate of drug-likeness (QED) is 0.775. The summed E-state index contributed by atoms with van der Waals surface area (Å²) in [6.07, 6.45) is 0. The lowest BCUT2D eigenvalue weighted by Crippen LogP contribution is -2.41. The Labute approximate surface area is 96.2 Å². The highest BCUT2D eigenvalue weighted by atomic mass is 16.5. The van der Waals surface area contributed by atoms with Gasteiger partial charge >= 0.3 is 6.03 Å². The third kappa shape index (κ3) is 3.81. The number of hydrogen-bond donors (Lipinski definition) is 1. The molecule has 0 heterocycles. The molecule has 0 saturated heterocycles. The zero-order valence-corrected chi connectivity index (χ0v) is 9.77. The number of rotatable bonds is 5. The van der Waals surface area contributed by atoms with Gasteiger partial charge in [-0.05, 0) is 26.0 Å². The van der Waals surface area contributed by atoms with E-state index in [4.69, 9.17) is 4.74 Å². The van der Waals surface area contributed by atoms with Crippen LogP contribution in [0.2, 0.25) is 0 Å². The highest BCUT2D eigenvalue weighted by Crippen LogP contribution is 2.07. The monoisotopic (exact) mass is 222 g/mol. The van der Waals surface area contributed by atoms with E-state index >= 15 is 0 Å². The zero-order chi connectivity index (χ0) is 11.8. The molecule has 0 radical (unpaired) electrons. The number of urea groups is 1. The van der Waals surface area contributed by atoms with E-state index in [0.29, 0.717) is 13.1 Å². The van der Waals surface area contributed by atoms with Gasteiger partial charge in [0.05, 0.1) is 0 Å². The summed E-state index contributed by atoms with van der Waals surface area (Å²) < 4.78 is 5.36. The predicted molar refractivity (Wildman–Crippen MR) is 63.4 cm³/mol. The molecule has 0 fully saturated rings. The SMILES string of the molecule is CCN(CC)C(=O)NCOc1ccccc1. The molecule has 0 spiro atoms. The predicted octanol–water partition coefficient (Wildman–Crippen LogP) is 2.07. The van der Waals surface area contributed by atoms with Gasteiger partial charge in [0.25, 0.3) is 0 Å². The molecule has 0 aliphatic carbocycles. The minimum atomic E-state index is -0.0964. The molecule has 0 bridgehead atoms. The van der Waals surface area contributed by atoms with Crippen LogP contribution in [0.1, 0.15) is 13.8 Å². The summed E-state index contributed by atoms with van der Waals surface area (Å²) in [5.74, 6) is 0.752. The summed E-state index contributed by atoms with van der Waals surface area (Å²) in [7, 11) is 0. The van der Waals surface area contributed by atoms with Crippen molar-refractivity contribution in [3.63, 3.8) is 0 Å². The van der Waals surface area contributed by atoms with Crippen molar-refractivity contribution in [1.29, 1.82) is 0 Å². The first kappa shape index (κ1) is 12.4. The summed E-state index contributed by atoms with van der Waals surface area (Å²) in [5.41, 5.74) is 0. The van der Waals surface area contributed by atoms with Crippen LogP contribution in [0.15, 0.2) is 30.3 Å². The van der Waals surface area contributed by atoms with Crippen LogP contribution in [-0.2, 0) is 0 Å². The van der Waals surface area contributed by atoms with Gasteiger partial charge in [-0.2, -0.15) is 0 Å². The molecule has 0 saturated carbocycles. The molecule has 16 heavy (non-hydrogen) atoms. The van der Waals surface area contributed by atoms with Gasteiger partial charge in [-0.3, -0.25) is 0 Å². The minimum absolute atomic E-state index is 0.0964. The van der Waals surface area contributed by atoms with E-state index in [2.05, 4.69) is 5.32 Å². The van der Waals surface area contributed by atoms with E-state index in [9.17, 15) is 4.79 Å². The highest BCUT2D eigenvalue weighted by molar-refractivity contribution is 5.73. The third-order valence-electron chi connectivity index (χ3n) is 2.26. The lowest BCUT2D eigenvalue weighted by Gasteiger charge is -2.19. The first-order chi connectivity index (χ1) is 7.77. The molecule has 1 N–H and O–H groups in total. The second kappa shape index (κ2) is 6.71. The van der Waals surface area contributed by atoms with Crippen LogP contribution in [0, 0.1) is 0 Å². The van der Waals surface area contributed by atoms with Gasteiger partial charge in [-0.15, -0.1) is 0 Å². The maximum absolute atomic E-state index is 11.5. The Morgan fingerprint density at radius 2 is 1.88 bits per heavy atom. The van der Waals surface area contributed by atoms with E-state index < -0.39 is 0 Å². The number of para-hydroxylation sites is 1. The van der Waals surface area contributed by atoms with Gasteiger partial charge < -0.3 is 15.0 Å². The molecule has 88 valence electrons. The van der Waals surface area contributed by atoms with Crippen LogP contribution >= 0.6 is 0 Å². The number of carbonyl (C=O) groups is 1. The first-order valence-electron chi connectivity index (χ1n) is 5.48. The lowest BCUT2D eigenvalue weighted by atomic mass is 10.3. The normalized spacial score (nSPS) is 9.62. The number of nitrogens with one attached hydrogen (secondary N) is 1. The van der Waals surface area contributed by atoms with E-state index in [1.807, 2.05) is 44.2 Å². The maximum Gasteiger partial charge on any atom is 0.319 e. The number of nitrogens with zero attached hydrogens (tertiary/aromatic N) is 1. The second-order valence-electron chi connectivity index (χ2n) is 3.26. The van der Waals surface area contributed by atoms with Crippen molar-refractivity contribution in [3.8, 4) is 5.75 Å². The molecule has 4 nitrogen and oxygen atoms in total. The fourth-order valence-corrected chi connectivity index (χ4v) is 1.32. The van der Waals surface area contributed by atoms with Crippen molar-refractivity contribution < 1.29 is 9.53 Å². The summed E-state index contributed by atoms with van der Waals surface area (Å²) in [6.45, 7) is 5.49. The van der Waals surface area contributed by atoms with E-state index in [0.717, 1.165) is 5.75 Å². The third-order valence-corrected chi connectivity index (χ3v) is 2.26. The van der Waals surface area contributed by atoms with Crippen LogP contribution in [0.4, 0.5) is 4.79 Å². The number of amides is 2. The minimum Gasteiger partial charge on any atom is -0.473 e. The number of hydrogen-bond acceptors (Lipinski definition) is 2. The average Bonchev–Trinajstić information content (AvgIpc) is 2.32. The number of benzene rings is 1.